The Morgan fingerprint density at radius 3 is 2.56 bits per heavy atom. The van der Waals surface area contributed by atoms with Gasteiger partial charge >= 0.3 is 0 Å². The van der Waals surface area contributed by atoms with Gasteiger partial charge in [-0.05, 0) is 68.7 Å². The highest BCUT2D eigenvalue weighted by molar-refractivity contribution is 7.92. The van der Waals surface area contributed by atoms with Gasteiger partial charge in [0.25, 0.3) is 5.91 Å². The van der Waals surface area contributed by atoms with Crippen LogP contribution in [0.15, 0.2) is 77.2 Å². The summed E-state index contributed by atoms with van der Waals surface area (Å²) in [5.74, 6) is 0.182. The molecule has 0 aliphatic carbocycles. The maximum absolute atomic E-state index is 13.4. The molecule has 1 amide bonds. The molecule has 3 atom stereocenters. The highest BCUT2D eigenvalue weighted by Gasteiger charge is 2.29. The Morgan fingerprint density at radius 2 is 1.90 bits per heavy atom. The van der Waals surface area contributed by atoms with E-state index in [-0.39, 0.29) is 23.7 Å². The Morgan fingerprint density at radius 1 is 1.15 bits per heavy atom. The lowest BCUT2D eigenvalue weighted by atomic mass is 9.94. The van der Waals surface area contributed by atoms with Crippen LogP contribution in [0.3, 0.4) is 0 Å². The number of hydrogen-bond acceptors (Lipinski definition) is 7. The minimum atomic E-state index is -1.31. The predicted octanol–water partition coefficient (Wildman–Crippen LogP) is 5.42. The van der Waals surface area contributed by atoms with Gasteiger partial charge in [0.05, 0.1) is 35.2 Å². The Balaban J connectivity index is 1.67. The third-order valence-electron chi connectivity index (χ3n) is 6.34. The molecule has 4 rings (SSSR count). The first-order chi connectivity index (χ1) is 18.6. The van der Waals surface area contributed by atoms with Crippen LogP contribution >= 0.6 is 11.6 Å². The van der Waals surface area contributed by atoms with Crippen LogP contribution in [0.1, 0.15) is 54.2 Å². The van der Waals surface area contributed by atoms with Gasteiger partial charge in [-0.15, -0.1) is 10.2 Å². The van der Waals surface area contributed by atoms with Crippen molar-refractivity contribution in [3.63, 3.8) is 0 Å². The van der Waals surface area contributed by atoms with Crippen molar-refractivity contribution >= 4 is 34.6 Å². The second kappa shape index (κ2) is 12.2. The SMILES string of the molecule is CCN(c1cc(C(=O)N[C@H](C)c2cccc(Cl)c2)cc(-c2nnc([C@](C)(N)Cc3ccccc3)o2)c1)[S+](C)[O-]. The summed E-state index contributed by atoms with van der Waals surface area (Å²) in [4.78, 5) is 13.4. The van der Waals surface area contributed by atoms with Gasteiger partial charge in [-0.2, -0.15) is 4.31 Å². The van der Waals surface area contributed by atoms with E-state index in [0.29, 0.717) is 34.8 Å². The molecule has 0 bridgehead atoms. The van der Waals surface area contributed by atoms with Gasteiger partial charge in [0.1, 0.15) is 6.26 Å². The van der Waals surface area contributed by atoms with Crippen LogP contribution in [-0.4, -0.2) is 33.5 Å². The van der Waals surface area contributed by atoms with Crippen LogP contribution in [-0.2, 0) is 23.3 Å². The quantitative estimate of drug-likeness (QED) is 0.246. The molecular weight excluding hydrogens is 534 g/mol. The topological polar surface area (TPSA) is 120 Å². The van der Waals surface area contributed by atoms with E-state index in [9.17, 15) is 9.35 Å². The van der Waals surface area contributed by atoms with Gasteiger partial charge < -0.3 is 20.0 Å². The lowest BCUT2D eigenvalue weighted by Crippen LogP contribution is -2.35. The second-order valence-corrected chi connectivity index (χ2v) is 11.4. The molecule has 1 aromatic heterocycles. The van der Waals surface area contributed by atoms with E-state index in [2.05, 4.69) is 15.5 Å². The molecular formula is C29H32ClN5O3S. The van der Waals surface area contributed by atoms with E-state index >= 15 is 0 Å². The Kier molecular flexibility index (Phi) is 8.97. The number of benzene rings is 3. The molecule has 0 radical (unpaired) electrons. The summed E-state index contributed by atoms with van der Waals surface area (Å²) >= 11 is 4.82. The molecule has 3 N–H and O–H groups in total. The molecule has 0 spiro atoms. The Labute approximate surface area is 236 Å². The third kappa shape index (κ3) is 6.99. The largest absolute Gasteiger partial charge is 0.593 e. The lowest BCUT2D eigenvalue weighted by Gasteiger charge is -2.23. The number of amides is 1. The number of nitrogens with two attached hydrogens (primary N) is 1. The molecule has 4 aromatic rings. The number of rotatable bonds is 10. The molecule has 3 aromatic carbocycles. The molecule has 204 valence electrons. The predicted molar refractivity (Wildman–Crippen MR) is 156 cm³/mol. The van der Waals surface area contributed by atoms with E-state index < -0.39 is 16.9 Å². The second-order valence-electron chi connectivity index (χ2n) is 9.63. The van der Waals surface area contributed by atoms with Gasteiger partial charge in [-0.1, -0.05) is 54.1 Å². The molecule has 0 saturated carbocycles. The molecule has 39 heavy (non-hydrogen) atoms. The van der Waals surface area contributed by atoms with Crippen LogP contribution in [0.4, 0.5) is 5.69 Å². The molecule has 8 nitrogen and oxygen atoms in total. The van der Waals surface area contributed by atoms with Crippen LogP contribution in [0.2, 0.25) is 5.02 Å². The normalized spacial score (nSPS) is 14.3. The van der Waals surface area contributed by atoms with E-state index in [1.807, 2.05) is 69.3 Å². The van der Waals surface area contributed by atoms with Crippen molar-refractivity contribution in [2.75, 3.05) is 17.1 Å². The number of anilines is 1. The van der Waals surface area contributed by atoms with Crippen molar-refractivity contribution in [3.05, 3.63) is 100 Å². The van der Waals surface area contributed by atoms with E-state index in [0.717, 1.165) is 11.1 Å². The molecule has 1 unspecified atom stereocenters. The molecule has 10 heteroatoms. The van der Waals surface area contributed by atoms with E-state index in [1.54, 1.807) is 34.8 Å². The summed E-state index contributed by atoms with van der Waals surface area (Å²) in [6.07, 6.45) is 2.09. The molecule has 0 aliphatic heterocycles. The summed E-state index contributed by atoms with van der Waals surface area (Å²) in [7, 11) is 0. The van der Waals surface area contributed by atoms with Crippen molar-refractivity contribution in [2.45, 2.75) is 38.8 Å². The monoisotopic (exact) mass is 565 g/mol. The Bertz CT molecular complexity index is 1430. The van der Waals surface area contributed by atoms with Crippen molar-refractivity contribution in [3.8, 4) is 11.5 Å². The summed E-state index contributed by atoms with van der Waals surface area (Å²) < 4.78 is 20.2. The van der Waals surface area contributed by atoms with Crippen molar-refractivity contribution in [2.24, 2.45) is 5.73 Å². The number of nitrogens with zero attached hydrogens (tertiary/aromatic N) is 3. The number of carbonyl (C=O) groups is 1. The fourth-order valence-corrected chi connectivity index (χ4v) is 5.29. The maximum Gasteiger partial charge on any atom is 0.251 e. The van der Waals surface area contributed by atoms with Gasteiger partial charge in [0.15, 0.2) is 0 Å². The van der Waals surface area contributed by atoms with Crippen LogP contribution < -0.4 is 15.4 Å². The summed E-state index contributed by atoms with van der Waals surface area (Å²) in [6.45, 7) is 6.08. The molecule has 0 fully saturated rings. The molecule has 0 aliphatic rings. The smallest absolute Gasteiger partial charge is 0.251 e. The van der Waals surface area contributed by atoms with E-state index in [4.69, 9.17) is 21.8 Å². The minimum Gasteiger partial charge on any atom is -0.593 e. The number of carbonyl (C=O) groups excluding carboxylic acids is 1. The van der Waals surface area contributed by atoms with Crippen LogP contribution in [0.25, 0.3) is 11.5 Å². The van der Waals surface area contributed by atoms with Crippen LogP contribution in [0.5, 0.6) is 0 Å². The lowest BCUT2D eigenvalue weighted by molar-refractivity contribution is 0.0940. The van der Waals surface area contributed by atoms with Gasteiger partial charge in [-0.3, -0.25) is 4.79 Å². The van der Waals surface area contributed by atoms with Crippen molar-refractivity contribution < 1.29 is 13.8 Å². The maximum atomic E-state index is 13.4. The minimum absolute atomic E-state index is 0.214. The number of hydrogen-bond donors (Lipinski definition) is 2. The van der Waals surface area contributed by atoms with Gasteiger partial charge in [-0.25, -0.2) is 0 Å². The highest BCUT2D eigenvalue weighted by Crippen LogP contribution is 2.30. The first kappa shape index (κ1) is 28.6. The van der Waals surface area contributed by atoms with Gasteiger partial charge in [0, 0.05) is 16.1 Å². The third-order valence-corrected chi connectivity index (χ3v) is 7.66. The Hall–Kier alpha value is -3.37. The average Bonchev–Trinajstić information content (AvgIpc) is 3.41. The summed E-state index contributed by atoms with van der Waals surface area (Å²) in [5, 5.41) is 12.1. The highest BCUT2D eigenvalue weighted by atomic mass is 35.5. The zero-order valence-electron chi connectivity index (χ0n) is 22.3. The summed E-state index contributed by atoms with van der Waals surface area (Å²) in [6, 6.07) is 22.0. The zero-order chi connectivity index (χ0) is 28.2. The van der Waals surface area contributed by atoms with Crippen molar-refractivity contribution in [1.82, 2.24) is 15.5 Å². The first-order valence-corrected chi connectivity index (χ1v) is 14.5. The molecule has 0 saturated heterocycles. The average molecular weight is 566 g/mol. The number of nitrogens with one attached hydrogen (secondary N) is 1. The molecule has 1 heterocycles. The van der Waals surface area contributed by atoms with Crippen molar-refractivity contribution in [1.29, 1.82) is 0 Å². The fraction of sp³-hybridized carbons (Fsp3) is 0.276. The van der Waals surface area contributed by atoms with E-state index in [1.165, 1.54) is 0 Å². The number of aromatic nitrogens is 2. The fourth-order valence-electron chi connectivity index (χ4n) is 4.33. The number of halogens is 1. The summed E-state index contributed by atoms with van der Waals surface area (Å²) in [5.41, 5.74) is 9.07. The van der Waals surface area contributed by atoms with Gasteiger partial charge in [0.2, 0.25) is 11.8 Å². The zero-order valence-corrected chi connectivity index (χ0v) is 23.9. The standard InChI is InChI=1S/C29H32ClN5O3S/c1-5-35(39(4)37)25-16-22(26(36)32-19(2)21-12-9-13-24(30)15-21)14-23(17-25)27-33-34-28(38-27)29(3,31)18-20-10-7-6-8-11-20/h6-17,19H,5,18,31H2,1-4H3,(H,32,36)/t19-,29-,39?/m1/s1. The first-order valence-electron chi connectivity index (χ1n) is 12.6. The van der Waals surface area contributed by atoms with Crippen LogP contribution in [0, 0.1) is 0 Å².